The van der Waals surface area contributed by atoms with E-state index >= 15 is 0 Å². The Balaban J connectivity index is 2.21. The lowest BCUT2D eigenvalue weighted by atomic mass is 10.1. The molecular weight excluding hydrogens is 282 g/mol. The first-order valence-corrected chi connectivity index (χ1v) is 6.95. The van der Waals surface area contributed by atoms with Gasteiger partial charge < -0.3 is 10.4 Å². The zero-order chi connectivity index (χ0) is 12.5. The lowest BCUT2D eigenvalue weighted by Crippen LogP contribution is -2.26. The Bertz CT molecular complexity index is 355. The molecule has 1 amide bonds. The quantitative estimate of drug-likeness (QED) is 0.601. The number of aromatic hydroxyl groups is 1. The second-order valence-electron chi connectivity index (χ2n) is 3.95. The van der Waals surface area contributed by atoms with Crippen LogP contribution in [0, 0.1) is 0 Å². The van der Waals surface area contributed by atoms with E-state index in [0.29, 0.717) is 6.42 Å². The Kier molecular flexibility index (Phi) is 6.70. The van der Waals surface area contributed by atoms with Crippen LogP contribution in [0.15, 0.2) is 24.3 Å². The van der Waals surface area contributed by atoms with E-state index in [0.717, 1.165) is 36.7 Å². The summed E-state index contributed by atoms with van der Waals surface area (Å²) < 4.78 is 0. The number of phenolic OH excluding ortho intramolecular Hbond substituents is 1. The zero-order valence-corrected chi connectivity index (χ0v) is 11.4. The number of amides is 1. The predicted octanol–water partition coefficient (Wildman–Crippen LogP) is 2.62. The highest BCUT2D eigenvalue weighted by Crippen LogP contribution is 2.11. The van der Waals surface area contributed by atoms with Crippen LogP contribution in [0.4, 0.5) is 0 Å². The summed E-state index contributed by atoms with van der Waals surface area (Å²) >= 11 is 3.37. The van der Waals surface area contributed by atoms with E-state index in [-0.39, 0.29) is 11.7 Å². The van der Waals surface area contributed by atoms with Gasteiger partial charge in [-0.1, -0.05) is 34.5 Å². The van der Waals surface area contributed by atoms with Gasteiger partial charge in [0.1, 0.15) is 5.75 Å². The van der Waals surface area contributed by atoms with E-state index in [2.05, 4.69) is 21.2 Å². The fraction of sp³-hybridized carbons (Fsp3) is 0.462. The van der Waals surface area contributed by atoms with Crippen molar-refractivity contribution >= 4 is 21.8 Å². The van der Waals surface area contributed by atoms with Crippen molar-refractivity contribution in [3.63, 3.8) is 0 Å². The van der Waals surface area contributed by atoms with Crippen molar-refractivity contribution in [2.45, 2.75) is 25.7 Å². The molecular formula is C13H18BrNO2. The second-order valence-corrected chi connectivity index (χ2v) is 4.74. The number of alkyl halides is 1. The molecule has 1 aromatic rings. The molecule has 1 aromatic carbocycles. The van der Waals surface area contributed by atoms with Crippen LogP contribution in [-0.4, -0.2) is 22.9 Å². The first-order chi connectivity index (χ1) is 8.22. The maximum Gasteiger partial charge on any atom is 0.224 e. The molecule has 17 heavy (non-hydrogen) atoms. The number of unbranched alkanes of at least 4 members (excludes halogenated alkanes) is 2. The van der Waals surface area contributed by atoms with Gasteiger partial charge in [0.15, 0.2) is 0 Å². The molecule has 3 nitrogen and oxygen atoms in total. The molecule has 1 rings (SSSR count). The van der Waals surface area contributed by atoms with Crippen LogP contribution < -0.4 is 5.32 Å². The Labute approximate surface area is 110 Å². The summed E-state index contributed by atoms with van der Waals surface area (Å²) in [4.78, 5) is 11.6. The summed E-state index contributed by atoms with van der Waals surface area (Å²) in [7, 11) is 0. The third kappa shape index (κ3) is 6.31. The van der Waals surface area contributed by atoms with E-state index in [1.54, 1.807) is 18.2 Å². The number of benzene rings is 1. The van der Waals surface area contributed by atoms with Crippen LogP contribution in [0.3, 0.4) is 0 Å². The fourth-order valence-electron chi connectivity index (χ4n) is 1.54. The molecule has 0 aliphatic rings. The topological polar surface area (TPSA) is 49.3 Å². The van der Waals surface area contributed by atoms with Crippen LogP contribution in [0.25, 0.3) is 0 Å². The van der Waals surface area contributed by atoms with E-state index < -0.39 is 0 Å². The first kappa shape index (κ1) is 14.0. The van der Waals surface area contributed by atoms with Gasteiger partial charge in [-0.2, -0.15) is 0 Å². The number of carbonyl (C=O) groups excluding carboxylic acids is 1. The van der Waals surface area contributed by atoms with E-state index in [1.807, 2.05) is 6.07 Å². The Morgan fingerprint density at radius 1 is 1.29 bits per heavy atom. The standard InChI is InChI=1S/C13H18BrNO2/c14-7-2-1-3-8-15-13(17)10-11-5-4-6-12(16)9-11/h4-6,9,16H,1-3,7-8,10H2,(H,15,17). The lowest BCUT2D eigenvalue weighted by Gasteiger charge is -2.05. The van der Waals surface area contributed by atoms with Gasteiger partial charge in [-0.3, -0.25) is 4.79 Å². The highest BCUT2D eigenvalue weighted by atomic mass is 79.9. The molecule has 0 radical (unpaired) electrons. The van der Waals surface area contributed by atoms with Gasteiger partial charge in [0, 0.05) is 11.9 Å². The molecule has 0 aromatic heterocycles. The third-order valence-electron chi connectivity index (χ3n) is 2.41. The summed E-state index contributed by atoms with van der Waals surface area (Å²) in [5, 5.41) is 13.2. The maximum atomic E-state index is 11.6. The highest BCUT2D eigenvalue weighted by molar-refractivity contribution is 9.09. The van der Waals surface area contributed by atoms with Crippen molar-refractivity contribution in [1.82, 2.24) is 5.32 Å². The van der Waals surface area contributed by atoms with Crippen molar-refractivity contribution in [2.24, 2.45) is 0 Å². The number of hydrogen-bond donors (Lipinski definition) is 2. The summed E-state index contributed by atoms with van der Waals surface area (Å²) in [6, 6.07) is 6.80. The molecule has 0 unspecified atom stereocenters. The largest absolute Gasteiger partial charge is 0.508 e. The number of halogens is 1. The predicted molar refractivity (Wildman–Crippen MR) is 72.5 cm³/mol. The van der Waals surface area contributed by atoms with Crippen LogP contribution in [0.2, 0.25) is 0 Å². The number of phenols is 1. The normalized spacial score (nSPS) is 10.2. The van der Waals surface area contributed by atoms with Gasteiger partial charge in [0.2, 0.25) is 5.91 Å². The molecule has 0 heterocycles. The average Bonchev–Trinajstić information content (AvgIpc) is 2.29. The molecule has 0 atom stereocenters. The van der Waals surface area contributed by atoms with Crippen molar-refractivity contribution in [1.29, 1.82) is 0 Å². The van der Waals surface area contributed by atoms with Gasteiger partial charge in [-0.15, -0.1) is 0 Å². The van der Waals surface area contributed by atoms with Crippen LogP contribution in [0.1, 0.15) is 24.8 Å². The number of nitrogens with one attached hydrogen (secondary N) is 1. The maximum absolute atomic E-state index is 11.6. The highest BCUT2D eigenvalue weighted by Gasteiger charge is 2.03. The van der Waals surface area contributed by atoms with E-state index in [1.165, 1.54) is 0 Å². The minimum atomic E-state index is 0.00874. The molecule has 94 valence electrons. The molecule has 2 N–H and O–H groups in total. The fourth-order valence-corrected chi connectivity index (χ4v) is 1.93. The molecule has 0 fully saturated rings. The van der Waals surface area contributed by atoms with Gasteiger partial charge >= 0.3 is 0 Å². The monoisotopic (exact) mass is 299 g/mol. The van der Waals surface area contributed by atoms with E-state index in [4.69, 9.17) is 0 Å². The average molecular weight is 300 g/mol. The van der Waals surface area contributed by atoms with Crippen molar-refractivity contribution < 1.29 is 9.90 Å². The molecule has 0 bridgehead atoms. The molecule has 0 aliphatic carbocycles. The molecule has 0 spiro atoms. The van der Waals surface area contributed by atoms with Crippen molar-refractivity contribution in [3.8, 4) is 5.75 Å². The molecule has 0 saturated heterocycles. The summed E-state index contributed by atoms with van der Waals surface area (Å²) in [5.41, 5.74) is 0.836. The van der Waals surface area contributed by atoms with Crippen molar-refractivity contribution in [2.75, 3.05) is 11.9 Å². The number of rotatable bonds is 7. The summed E-state index contributed by atoms with van der Waals surface area (Å²) in [6.45, 7) is 0.727. The molecule has 0 aliphatic heterocycles. The Hall–Kier alpha value is -1.03. The van der Waals surface area contributed by atoms with Crippen molar-refractivity contribution in [3.05, 3.63) is 29.8 Å². The zero-order valence-electron chi connectivity index (χ0n) is 9.79. The van der Waals surface area contributed by atoms with Gasteiger partial charge in [-0.05, 0) is 30.5 Å². The Morgan fingerprint density at radius 3 is 2.82 bits per heavy atom. The van der Waals surface area contributed by atoms with Crippen LogP contribution in [0.5, 0.6) is 5.75 Å². The first-order valence-electron chi connectivity index (χ1n) is 5.83. The second kappa shape index (κ2) is 8.12. The van der Waals surface area contributed by atoms with Gasteiger partial charge in [0.05, 0.1) is 6.42 Å². The summed E-state index contributed by atoms with van der Waals surface area (Å²) in [6.07, 6.45) is 3.60. The third-order valence-corrected chi connectivity index (χ3v) is 2.97. The lowest BCUT2D eigenvalue weighted by molar-refractivity contribution is -0.120. The molecule has 0 saturated carbocycles. The van der Waals surface area contributed by atoms with Gasteiger partial charge in [-0.25, -0.2) is 0 Å². The molecule has 4 heteroatoms. The van der Waals surface area contributed by atoms with Crippen LogP contribution in [-0.2, 0) is 11.2 Å². The number of hydrogen-bond acceptors (Lipinski definition) is 2. The van der Waals surface area contributed by atoms with Gasteiger partial charge in [0.25, 0.3) is 0 Å². The smallest absolute Gasteiger partial charge is 0.224 e. The Morgan fingerprint density at radius 2 is 2.12 bits per heavy atom. The minimum Gasteiger partial charge on any atom is -0.508 e. The van der Waals surface area contributed by atoms with Crippen LogP contribution >= 0.6 is 15.9 Å². The van der Waals surface area contributed by atoms with E-state index in [9.17, 15) is 9.90 Å². The number of carbonyl (C=O) groups is 1. The SMILES string of the molecule is O=C(Cc1cccc(O)c1)NCCCCCBr. The minimum absolute atomic E-state index is 0.00874. The summed E-state index contributed by atoms with van der Waals surface area (Å²) in [5.74, 6) is 0.210.